The highest BCUT2D eigenvalue weighted by Gasteiger charge is 2.28. The zero-order chi connectivity index (χ0) is 19.5. The van der Waals surface area contributed by atoms with Crippen LogP contribution in [0.3, 0.4) is 0 Å². The first-order chi connectivity index (χ1) is 13.6. The van der Waals surface area contributed by atoms with Crippen LogP contribution in [0, 0.1) is 0 Å². The Kier molecular flexibility index (Phi) is 5.39. The lowest BCUT2D eigenvalue weighted by molar-refractivity contribution is -0.131. The molecule has 2 aliphatic heterocycles. The summed E-state index contributed by atoms with van der Waals surface area (Å²) < 4.78 is 5.64. The molecule has 0 aliphatic carbocycles. The van der Waals surface area contributed by atoms with Crippen LogP contribution in [0.4, 0.5) is 11.4 Å². The Labute approximate surface area is 169 Å². The van der Waals surface area contributed by atoms with Gasteiger partial charge in [0, 0.05) is 36.9 Å². The fraction of sp³-hybridized carbons (Fsp3) is 0.333. The van der Waals surface area contributed by atoms with Gasteiger partial charge in [0.05, 0.1) is 18.7 Å². The highest BCUT2D eigenvalue weighted by atomic mass is 35.5. The molecule has 4 rings (SSSR count). The average molecular weight is 400 g/mol. The quantitative estimate of drug-likeness (QED) is 0.796. The SMILES string of the molecule is O=C(CN1C(=O)CCOc2ccccc21)N1CCN(c2cccc(Cl)c2)CC1. The van der Waals surface area contributed by atoms with Crippen LogP contribution in [-0.2, 0) is 9.59 Å². The maximum atomic E-state index is 12.9. The third-order valence-electron chi connectivity index (χ3n) is 5.13. The summed E-state index contributed by atoms with van der Waals surface area (Å²) >= 11 is 6.08. The summed E-state index contributed by atoms with van der Waals surface area (Å²) in [5.41, 5.74) is 1.73. The molecule has 146 valence electrons. The number of rotatable bonds is 3. The molecule has 7 heteroatoms. The summed E-state index contributed by atoms with van der Waals surface area (Å²) in [5.74, 6) is 0.513. The van der Waals surface area contributed by atoms with Crippen LogP contribution in [0.25, 0.3) is 0 Å². The van der Waals surface area contributed by atoms with E-state index in [9.17, 15) is 9.59 Å². The van der Waals surface area contributed by atoms with Crippen LogP contribution in [0.1, 0.15) is 6.42 Å². The number of nitrogens with zero attached hydrogens (tertiary/aromatic N) is 3. The van der Waals surface area contributed by atoms with Gasteiger partial charge >= 0.3 is 0 Å². The molecule has 6 nitrogen and oxygen atoms in total. The monoisotopic (exact) mass is 399 g/mol. The van der Waals surface area contributed by atoms with Crippen molar-refractivity contribution in [2.24, 2.45) is 0 Å². The molecule has 0 aromatic heterocycles. The Hall–Kier alpha value is -2.73. The minimum Gasteiger partial charge on any atom is -0.491 e. The number of fused-ring (bicyclic) bond motifs is 1. The van der Waals surface area contributed by atoms with Gasteiger partial charge in [-0.05, 0) is 30.3 Å². The normalized spacial score (nSPS) is 17.0. The summed E-state index contributed by atoms with van der Waals surface area (Å²) in [7, 11) is 0. The molecule has 0 atom stereocenters. The standard InChI is InChI=1S/C21H22ClN3O3/c22-16-4-3-5-17(14-16)23-9-11-24(12-10-23)21(27)15-25-18-6-1-2-7-19(18)28-13-8-20(25)26/h1-7,14H,8-13,15H2. The van der Waals surface area contributed by atoms with Gasteiger partial charge in [-0.2, -0.15) is 0 Å². The van der Waals surface area contributed by atoms with Crippen molar-refractivity contribution in [2.75, 3.05) is 49.1 Å². The summed E-state index contributed by atoms with van der Waals surface area (Å²) in [5, 5.41) is 0.705. The Balaban J connectivity index is 1.41. The Morgan fingerprint density at radius 3 is 2.61 bits per heavy atom. The number of anilines is 2. The van der Waals surface area contributed by atoms with Gasteiger partial charge in [0.15, 0.2) is 0 Å². The third-order valence-corrected chi connectivity index (χ3v) is 5.36. The number of hydrogen-bond acceptors (Lipinski definition) is 4. The molecule has 2 aromatic carbocycles. The molecule has 0 spiro atoms. The molecule has 2 heterocycles. The molecular formula is C21H22ClN3O3. The average Bonchev–Trinajstić information content (AvgIpc) is 2.87. The van der Waals surface area contributed by atoms with Crippen LogP contribution in [0.15, 0.2) is 48.5 Å². The number of carbonyl (C=O) groups excluding carboxylic acids is 2. The molecule has 1 saturated heterocycles. The van der Waals surface area contributed by atoms with Crippen LogP contribution >= 0.6 is 11.6 Å². The van der Waals surface area contributed by atoms with Crippen molar-refractivity contribution < 1.29 is 14.3 Å². The van der Waals surface area contributed by atoms with E-state index in [1.54, 1.807) is 4.90 Å². The van der Waals surface area contributed by atoms with E-state index in [4.69, 9.17) is 16.3 Å². The number of ether oxygens (including phenoxy) is 1. The van der Waals surface area contributed by atoms with Gasteiger partial charge in [-0.1, -0.05) is 29.8 Å². The van der Waals surface area contributed by atoms with Crippen molar-refractivity contribution in [1.29, 1.82) is 0 Å². The van der Waals surface area contributed by atoms with Gasteiger partial charge < -0.3 is 14.5 Å². The largest absolute Gasteiger partial charge is 0.491 e. The predicted molar refractivity (Wildman–Crippen MR) is 109 cm³/mol. The molecule has 0 saturated carbocycles. The van der Waals surface area contributed by atoms with Crippen LogP contribution < -0.4 is 14.5 Å². The molecule has 2 amide bonds. The van der Waals surface area contributed by atoms with E-state index in [2.05, 4.69) is 4.90 Å². The van der Waals surface area contributed by atoms with Crippen LogP contribution in [0.2, 0.25) is 5.02 Å². The Bertz CT molecular complexity index is 881. The number of piperazine rings is 1. The lowest BCUT2D eigenvalue weighted by Gasteiger charge is -2.37. The van der Waals surface area contributed by atoms with E-state index in [0.717, 1.165) is 18.8 Å². The highest BCUT2D eigenvalue weighted by molar-refractivity contribution is 6.30. The first-order valence-electron chi connectivity index (χ1n) is 9.42. The van der Waals surface area contributed by atoms with Gasteiger partial charge in [0.2, 0.25) is 11.8 Å². The summed E-state index contributed by atoms with van der Waals surface area (Å²) in [6.45, 7) is 3.08. The molecule has 1 fully saturated rings. The Morgan fingerprint density at radius 2 is 1.82 bits per heavy atom. The second-order valence-corrected chi connectivity index (χ2v) is 7.33. The van der Waals surface area contributed by atoms with E-state index in [1.807, 2.05) is 53.4 Å². The summed E-state index contributed by atoms with van der Waals surface area (Å²) in [4.78, 5) is 31.0. The number of halogens is 1. The second kappa shape index (κ2) is 8.10. The van der Waals surface area contributed by atoms with Gasteiger partial charge in [-0.25, -0.2) is 0 Å². The van der Waals surface area contributed by atoms with Gasteiger partial charge in [0.1, 0.15) is 12.3 Å². The zero-order valence-electron chi connectivity index (χ0n) is 15.5. The van der Waals surface area contributed by atoms with E-state index in [0.29, 0.717) is 36.2 Å². The number of carbonyl (C=O) groups is 2. The number of amides is 2. The van der Waals surface area contributed by atoms with Crippen molar-refractivity contribution in [3.8, 4) is 5.75 Å². The van der Waals surface area contributed by atoms with Crippen molar-refractivity contribution in [2.45, 2.75) is 6.42 Å². The minimum absolute atomic E-state index is 0.0381. The Morgan fingerprint density at radius 1 is 1.04 bits per heavy atom. The summed E-state index contributed by atoms with van der Waals surface area (Å²) in [6.07, 6.45) is 0.268. The molecule has 2 aromatic rings. The van der Waals surface area contributed by atoms with E-state index in [1.165, 1.54) is 0 Å². The topological polar surface area (TPSA) is 53.1 Å². The lowest BCUT2D eigenvalue weighted by Crippen LogP contribution is -2.52. The number of benzene rings is 2. The number of para-hydroxylation sites is 2. The minimum atomic E-state index is -0.0872. The molecule has 0 N–H and O–H groups in total. The van der Waals surface area contributed by atoms with Gasteiger partial charge in [-0.15, -0.1) is 0 Å². The smallest absolute Gasteiger partial charge is 0.242 e. The van der Waals surface area contributed by atoms with E-state index in [-0.39, 0.29) is 24.8 Å². The third kappa shape index (κ3) is 3.92. The molecular weight excluding hydrogens is 378 g/mol. The maximum absolute atomic E-state index is 12.9. The lowest BCUT2D eigenvalue weighted by atomic mass is 10.2. The van der Waals surface area contributed by atoms with Gasteiger partial charge in [-0.3, -0.25) is 14.5 Å². The molecule has 2 aliphatic rings. The van der Waals surface area contributed by atoms with E-state index >= 15 is 0 Å². The number of hydrogen-bond donors (Lipinski definition) is 0. The molecule has 0 radical (unpaired) electrons. The van der Waals surface area contributed by atoms with Crippen molar-refractivity contribution >= 4 is 34.8 Å². The zero-order valence-corrected chi connectivity index (χ0v) is 16.3. The van der Waals surface area contributed by atoms with Gasteiger partial charge in [0.25, 0.3) is 0 Å². The highest BCUT2D eigenvalue weighted by Crippen LogP contribution is 2.31. The predicted octanol–water partition coefficient (Wildman–Crippen LogP) is 2.80. The van der Waals surface area contributed by atoms with E-state index < -0.39 is 0 Å². The summed E-state index contributed by atoms with van der Waals surface area (Å²) in [6, 6.07) is 15.1. The molecule has 0 unspecified atom stereocenters. The van der Waals surface area contributed by atoms with Crippen molar-refractivity contribution in [1.82, 2.24) is 4.90 Å². The first kappa shape index (κ1) is 18.6. The van der Waals surface area contributed by atoms with Crippen LogP contribution in [0.5, 0.6) is 5.75 Å². The van der Waals surface area contributed by atoms with Crippen LogP contribution in [-0.4, -0.2) is 56.0 Å². The fourth-order valence-corrected chi connectivity index (χ4v) is 3.80. The molecule has 0 bridgehead atoms. The second-order valence-electron chi connectivity index (χ2n) is 6.89. The molecule has 28 heavy (non-hydrogen) atoms. The fourth-order valence-electron chi connectivity index (χ4n) is 3.62. The van der Waals surface area contributed by atoms with Crippen molar-refractivity contribution in [3.63, 3.8) is 0 Å². The van der Waals surface area contributed by atoms with Crippen molar-refractivity contribution in [3.05, 3.63) is 53.6 Å². The first-order valence-corrected chi connectivity index (χ1v) is 9.80. The maximum Gasteiger partial charge on any atom is 0.242 e.